The lowest BCUT2D eigenvalue weighted by molar-refractivity contribution is 0.0541. The monoisotopic (exact) mass is 413 g/mol. The quantitative estimate of drug-likeness (QED) is 0.797. The maximum absolute atomic E-state index is 14.2. The minimum absolute atomic E-state index is 0.0529. The number of anilines is 1. The average molecular weight is 414 g/mol. The summed E-state index contributed by atoms with van der Waals surface area (Å²) in [5.41, 5.74) is 6.58. The highest BCUT2D eigenvalue weighted by Gasteiger charge is 2.41. The van der Waals surface area contributed by atoms with Crippen molar-refractivity contribution >= 4 is 15.9 Å². The smallest absolute Gasteiger partial charge is 0.282 e. The SMILES string of the molecule is CC(C)(C)N1CCN(S(=O)(=O)N2CCCC2)C(CCc2c(N)cncc2F)C1. The summed E-state index contributed by atoms with van der Waals surface area (Å²) >= 11 is 0. The molecule has 2 aliphatic rings. The van der Waals surface area contributed by atoms with Crippen LogP contribution < -0.4 is 5.73 Å². The zero-order valence-electron chi connectivity index (χ0n) is 17.1. The molecule has 0 bridgehead atoms. The summed E-state index contributed by atoms with van der Waals surface area (Å²) in [6.07, 6.45) is 5.32. The molecule has 3 heterocycles. The molecule has 9 heteroatoms. The highest BCUT2D eigenvalue weighted by atomic mass is 32.2. The van der Waals surface area contributed by atoms with Crippen molar-refractivity contribution in [3.05, 3.63) is 23.8 Å². The summed E-state index contributed by atoms with van der Waals surface area (Å²) in [5.74, 6) is -0.433. The van der Waals surface area contributed by atoms with Gasteiger partial charge in [-0.25, -0.2) is 4.39 Å². The van der Waals surface area contributed by atoms with Gasteiger partial charge < -0.3 is 5.73 Å². The predicted octanol–water partition coefficient (Wildman–Crippen LogP) is 1.86. The number of hydrogen-bond acceptors (Lipinski definition) is 5. The lowest BCUT2D eigenvalue weighted by atomic mass is 9.99. The molecule has 2 N–H and O–H groups in total. The van der Waals surface area contributed by atoms with E-state index in [0.717, 1.165) is 19.0 Å². The number of rotatable bonds is 5. The number of nitrogen functional groups attached to an aromatic ring is 1. The highest BCUT2D eigenvalue weighted by molar-refractivity contribution is 7.86. The molecule has 0 amide bonds. The van der Waals surface area contributed by atoms with Gasteiger partial charge in [0, 0.05) is 49.9 Å². The van der Waals surface area contributed by atoms with Crippen LogP contribution >= 0.6 is 0 Å². The Morgan fingerprint density at radius 1 is 1.18 bits per heavy atom. The van der Waals surface area contributed by atoms with E-state index in [9.17, 15) is 12.8 Å². The van der Waals surface area contributed by atoms with Gasteiger partial charge in [0.2, 0.25) is 0 Å². The number of piperazine rings is 1. The Hall–Kier alpha value is -1.29. The summed E-state index contributed by atoms with van der Waals surface area (Å²) in [7, 11) is -3.50. The van der Waals surface area contributed by atoms with E-state index in [-0.39, 0.29) is 11.6 Å². The Balaban J connectivity index is 1.82. The third-order valence-electron chi connectivity index (χ3n) is 5.83. The maximum atomic E-state index is 14.2. The number of nitrogens with zero attached hydrogens (tertiary/aromatic N) is 4. The van der Waals surface area contributed by atoms with Crippen LogP contribution in [0.5, 0.6) is 0 Å². The molecule has 1 atom stereocenters. The number of pyridine rings is 1. The first-order valence-corrected chi connectivity index (χ1v) is 11.4. The topological polar surface area (TPSA) is 82.8 Å². The predicted molar refractivity (Wildman–Crippen MR) is 108 cm³/mol. The van der Waals surface area contributed by atoms with Crippen molar-refractivity contribution in [3.8, 4) is 0 Å². The molecule has 0 aliphatic carbocycles. The van der Waals surface area contributed by atoms with Gasteiger partial charge in [-0.1, -0.05) is 0 Å². The second kappa shape index (κ2) is 8.22. The van der Waals surface area contributed by atoms with Gasteiger partial charge in [-0.05, 0) is 46.5 Å². The first-order valence-electron chi connectivity index (χ1n) is 10.0. The molecule has 28 heavy (non-hydrogen) atoms. The Morgan fingerprint density at radius 3 is 2.46 bits per heavy atom. The zero-order valence-corrected chi connectivity index (χ0v) is 17.9. The Kier molecular flexibility index (Phi) is 6.29. The van der Waals surface area contributed by atoms with Crippen molar-refractivity contribution in [2.45, 2.75) is 58.0 Å². The van der Waals surface area contributed by atoms with Gasteiger partial charge in [-0.2, -0.15) is 17.0 Å². The van der Waals surface area contributed by atoms with E-state index in [1.165, 1.54) is 6.20 Å². The summed E-state index contributed by atoms with van der Waals surface area (Å²) in [4.78, 5) is 6.07. The van der Waals surface area contributed by atoms with Gasteiger partial charge in [0.1, 0.15) is 5.82 Å². The molecule has 1 unspecified atom stereocenters. The molecule has 1 aromatic rings. The second-order valence-corrected chi connectivity index (χ2v) is 10.6. The van der Waals surface area contributed by atoms with Crippen LogP contribution in [0.1, 0.15) is 45.6 Å². The van der Waals surface area contributed by atoms with Gasteiger partial charge in [-0.3, -0.25) is 9.88 Å². The molecule has 7 nitrogen and oxygen atoms in total. The van der Waals surface area contributed by atoms with Crippen LogP contribution in [0.3, 0.4) is 0 Å². The van der Waals surface area contributed by atoms with E-state index < -0.39 is 16.0 Å². The Bertz CT molecular complexity index is 770. The van der Waals surface area contributed by atoms with Gasteiger partial charge in [0.05, 0.1) is 18.1 Å². The van der Waals surface area contributed by atoms with Crippen LogP contribution in [0.2, 0.25) is 0 Å². The molecule has 0 radical (unpaired) electrons. The van der Waals surface area contributed by atoms with Crippen LogP contribution in [0.4, 0.5) is 10.1 Å². The molecule has 0 aromatic carbocycles. The fourth-order valence-electron chi connectivity index (χ4n) is 4.11. The first kappa shape index (κ1) is 21.4. The second-order valence-electron chi connectivity index (χ2n) is 8.72. The molecule has 158 valence electrons. The van der Waals surface area contributed by atoms with E-state index in [1.807, 2.05) is 0 Å². The molecule has 2 fully saturated rings. The molecule has 2 saturated heterocycles. The van der Waals surface area contributed by atoms with E-state index in [1.54, 1.807) is 8.61 Å². The molecular formula is C19H32FN5O2S. The first-order chi connectivity index (χ1) is 13.1. The largest absolute Gasteiger partial charge is 0.397 e. The van der Waals surface area contributed by atoms with E-state index in [0.29, 0.717) is 56.8 Å². The van der Waals surface area contributed by atoms with E-state index in [4.69, 9.17) is 5.73 Å². The van der Waals surface area contributed by atoms with Gasteiger partial charge in [-0.15, -0.1) is 0 Å². The molecule has 1 aromatic heterocycles. The van der Waals surface area contributed by atoms with Crippen LogP contribution in [0.15, 0.2) is 12.4 Å². The van der Waals surface area contributed by atoms with Crippen molar-refractivity contribution in [3.63, 3.8) is 0 Å². The highest BCUT2D eigenvalue weighted by Crippen LogP contribution is 2.28. The van der Waals surface area contributed by atoms with Crippen molar-refractivity contribution in [2.75, 3.05) is 38.5 Å². The van der Waals surface area contributed by atoms with Gasteiger partial charge >= 0.3 is 0 Å². The fraction of sp³-hybridized carbons (Fsp3) is 0.737. The van der Waals surface area contributed by atoms with Crippen molar-refractivity contribution < 1.29 is 12.8 Å². The van der Waals surface area contributed by atoms with Crippen LogP contribution in [0, 0.1) is 5.82 Å². The standard InChI is InChI=1S/C19H32FN5O2S/c1-19(2,3)23-10-11-25(28(26,27)24-8-4-5-9-24)15(14-23)6-7-16-17(20)12-22-13-18(16)21/h12-13,15H,4-11,14,21H2,1-3H3. The lowest BCUT2D eigenvalue weighted by Gasteiger charge is -2.46. The number of hydrogen-bond donors (Lipinski definition) is 1. The molecular weight excluding hydrogens is 381 g/mol. The van der Waals surface area contributed by atoms with E-state index in [2.05, 4.69) is 30.7 Å². The van der Waals surface area contributed by atoms with Gasteiger partial charge in [0.15, 0.2) is 0 Å². The van der Waals surface area contributed by atoms with Crippen molar-refractivity contribution in [2.24, 2.45) is 0 Å². The summed E-state index contributed by atoms with van der Waals surface area (Å²) in [5, 5.41) is 0. The lowest BCUT2D eigenvalue weighted by Crippen LogP contribution is -2.61. The van der Waals surface area contributed by atoms with E-state index >= 15 is 0 Å². The van der Waals surface area contributed by atoms with Crippen molar-refractivity contribution in [1.29, 1.82) is 0 Å². The fourth-order valence-corrected chi connectivity index (χ4v) is 5.98. The minimum atomic E-state index is -3.50. The summed E-state index contributed by atoms with van der Waals surface area (Å²) < 4.78 is 43.8. The summed E-state index contributed by atoms with van der Waals surface area (Å²) in [6, 6.07) is -0.217. The van der Waals surface area contributed by atoms with Crippen LogP contribution in [-0.2, 0) is 16.6 Å². The third kappa shape index (κ3) is 4.48. The number of nitrogens with two attached hydrogens (primary N) is 1. The normalized spacial score (nSPS) is 23.4. The number of halogens is 1. The molecule has 3 rings (SSSR count). The third-order valence-corrected chi connectivity index (χ3v) is 7.92. The van der Waals surface area contributed by atoms with Gasteiger partial charge in [0.25, 0.3) is 10.2 Å². The summed E-state index contributed by atoms with van der Waals surface area (Å²) in [6.45, 7) is 9.34. The Morgan fingerprint density at radius 2 is 1.86 bits per heavy atom. The van der Waals surface area contributed by atoms with Crippen LogP contribution in [-0.4, -0.2) is 71.2 Å². The molecule has 0 spiro atoms. The molecule has 2 aliphatic heterocycles. The minimum Gasteiger partial charge on any atom is -0.397 e. The average Bonchev–Trinajstić information content (AvgIpc) is 3.16. The van der Waals surface area contributed by atoms with Crippen molar-refractivity contribution in [1.82, 2.24) is 18.5 Å². The Labute approximate surface area is 167 Å². The zero-order chi connectivity index (χ0) is 20.5. The molecule has 0 saturated carbocycles. The maximum Gasteiger partial charge on any atom is 0.282 e. The number of aromatic nitrogens is 1. The van der Waals surface area contributed by atoms with Crippen LogP contribution in [0.25, 0.3) is 0 Å².